The number of nitrogens with one attached hydrogen (secondary N) is 1. The summed E-state index contributed by atoms with van der Waals surface area (Å²) in [4.78, 5) is 10.8. The second kappa shape index (κ2) is 4.03. The molecule has 1 aromatic rings. The Balaban J connectivity index is 2.18. The van der Waals surface area contributed by atoms with Crippen molar-refractivity contribution in [2.75, 3.05) is 0 Å². The molecule has 1 aliphatic rings. The van der Waals surface area contributed by atoms with Crippen molar-refractivity contribution < 1.29 is 23.1 Å². The lowest BCUT2D eigenvalue weighted by molar-refractivity contribution is -0.174. The molecule has 92 valence electrons. The number of fused-ring (bicyclic) bond motifs is 1. The summed E-state index contributed by atoms with van der Waals surface area (Å²) in [6, 6.07) is 5.81. The first-order valence-electron chi connectivity index (χ1n) is 5.04. The molecule has 1 aromatic carbocycles. The van der Waals surface area contributed by atoms with Crippen molar-refractivity contribution in [3.63, 3.8) is 0 Å². The van der Waals surface area contributed by atoms with E-state index in [2.05, 4.69) is 0 Å². The van der Waals surface area contributed by atoms with Gasteiger partial charge in [-0.25, -0.2) is 0 Å². The molecule has 2 rings (SSSR count). The van der Waals surface area contributed by atoms with E-state index in [1.165, 1.54) is 0 Å². The molecule has 0 aliphatic heterocycles. The average molecular weight is 245 g/mol. The highest BCUT2D eigenvalue weighted by molar-refractivity contribution is 5.82. The fourth-order valence-electron chi connectivity index (χ4n) is 1.99. The van der Waals surface area contributed by atoms with Crippen LogP contribution in [-0.4, -0.2) is 17.2 Å². The molecule has 0 saturated carbocycles. The highest BCUT2D eigenvalue weighted by atomic mass is 19.4. The van der Waals surface area contributed by atoms with Crippen LogP contribution in [-0.2, 0) is 4.79 Å². The molecular formula is C11H10F3NO2. The first-order valence-corrected chi connectivity index (χ1v) is 5.04. The Morgan fingerprint density at radius 3 is 2.47 bits per heavy atom. The van der Waals surface area contributed by atoms with E-state index in [0.717, 1.165) is 0 Å². The summed E-state index contributed by atoms with van der Waals surface area (Å²) in [5.41, 5.74) is 1.11. The molecule has 1 aliphatic carbocycles. The molecule has 0 radical (unpaired) electrons. The molecule has 2 N–H and O–H groups in total. The summed E-state index contributed by atoms with van der Waals surface area (Å²) in [5, 5.41) is 11.5. The van der Waals surface area contributed by atoms with Crippen molar-refractivity contribution >= 4 is 5.91 Å². The van der Waals surface area contributed by atoms with E-state index < -0.39 is 24.2 Å². The quantitative estimate of drug-likeness (QED) is 0.793. The zero-order valence-electron chi connectivity index (χ0n) is 8.66. The van der Waals surface area contributed by atoms with Gasteiger partial charge in [-0.3, -0.25) is 4.79 Å². The van der Waals surface area contributed by atoms with E-state index in [4.69, 9.17) is 0 Å². The predicted octanol–water partition coefficient (Wildman–Crippen LogP) is 1.84. The SMILES string of the molecule is O=C(N[C@H]1C[C@H](O)c2ccccc21)C(F)(F)F. The first-order chi connectivity index (χ1) is 7.89. The van der Waals surface area contributed by atoms with Gasteiger partial charge in [0.05, 0.1) is 12.1 Å². The maximum absolute atomic E-state index is 12.1. The van der Waals surface area contributed by atoms with E-state index in [0.29, 0.717) is 11.1 Å². The van der Waals surface area contributed by atoms with Gasteiger partial charge in [0.15, 0.2) is 0 Å². The number of rotatable bonds is 1. The normalized spacial score (nSPS) is 23.3. The second-order valence-corrected chi connectivity index (χ2v) is 3.90. The third-order valence-corrected chi connectivity index (χ3v) is 2.75. The summed E-state index contributed by atoms with van der Waals surface area (Å²) in [7, 11) is 0. The molecule has 0 aromatic heterocycles. The summed E-state index contributed by atoms with van der Waals surface area (Å²) in [5.74, 6) is -1.98. The van der Waals surface area contributed by atoms with Gasteiger partial charge in [-0.05, 0) is 11.1 Å². The molecule has 0 fully saturated rings. The van der Waals surface area contributed by atoms with Gasteiger partial charge in [-0.1, -0.05) is 24.3 Å². The summed E-state index contributed by atoms with van der Waals surface area (Å²) >= 11 is 0. The number of aliphatic hydroxyl groups is 1. The standard InChI is InChI=1S/C11H10F3NO2/c12-11(13,14)10(17)15-8-5-9(16)7-4-2-1-3-6(7)8/h1-4,8-9,16H,5H2,(H,15,17)/t8-,9-/m0/s1. The Bertz CT molecular complexity index is 445. The molecule has 3 nitrogen and oxygen atoms in total. The number of hydrogen-bond acceptors (Lipinski definition) is 2. The minimum absolute atomic E-state index is 0.0706. The van der Waals surface area contributed by atoms with Gasteiger partial charge in [0.2, 0.25) is 0 Å². The molecular weight excluding hydrogens is 235 g/mol. The molecule has 2 atom stereocenters. The van der Waals surface area contributed by atoms with Gasteiger partial charge in [-0.15, -0.1) is 0 Å². The molecule has 0 unspecified atom stereocenters. The minimum Gasteiger partial charge on any atom is -0.388 e. The van der Waals surface area contributed by atoms with Gasteiger partial charge in [0.25, 0.3) is 0 Å². The lowest BCUT2D eigenvalue weighted by Crippen LogP contribution is -2.38. The number of carbonyl (C=O) groups is 1. The van der Waals surface area contributed by atoms with Crippen LogP contribution in [0.15, 0.2) is 24.3 Å². The lowest BCUT2D eigenvalue weighted by atomic mass is 10.1. The van der Waals surface area contributed by atoms with Crippen molar-refractivity contribution in [2.45, 2.75) is 24.7 Å². The van der Waals surface area contributed by atoms with E-state index >= 15 is 0 Å². The Kier molecular flexibility index (Phi) is 2.82. The maximum Gasteiger partial charge on any atom is 0.471 e. The fraction of sp³-hybridized carbons (Fsp3) is 0.364. The first kappa shape index (κ1) is 11.9. The number of aliphatic hydroxyl groups excluding tert-OH is 1. The van der Waals surface area contributed by atoms with Crippen molar-refractivity contribution in [3.05, 3.63) is 35.4 Å². The van der Waals surface area contributed by atoms with Crippen molar-refractivity contribution in [1.82, 2.24) is 5.32 Å². The highest BCUT2D eigenvalue weighted by Gasteiger charge is 2.41. The number of alkyl halides is 3. The summed E-state index contributed by atoms with van der Waals surface area (Å²) in [6.07, 6.45) is -5.66. The smallest absolute Gasteiger partial charge is 0.388 e. The Hall–Kier alpha value is -1.56. The summed E-state index contributed by atoms with van der Waals surface area (Å²) in [6.45, 7) is 0. The van der Waals surface area contributed by atoms with Crippen molar-refractivity contribution in [2.24, 2.45) is 0 Å². The number of halogens is 3. The number of benzene rings is 1. The van der Waals surface area contributed by atoms with Crippen LogP contribution in [0.1, 0.15) is 29.7 Å². The minimum atomic E-state index is -4.90. The lowest BCUT2D eigenvalue weighted by Gasteiger charge is -2.15. The molecule has 1 amide bonds. The van der Waals surface area contributed by atoms with Gasteiger partial charge in [0, 0.05) is 6.42 Å². The van der Waals surface area contributed by atoms with Gasteiger partial charge >= 0.3 is 12.1 Å². The Labute approximate surface area is 95.3 Å². The van der Waals surface area contributed by atoms with Gasteiger partial charge < -0.3 is 10.4 Å². The van der Waals surface area contributed by atoms with Gasteiger partial charge in [0.1, 0.15) is 0 Å². The van der Waals surface area contributed by atoms with E-state index in [1.807, 2.05) is 5.32 Å². The number of hydrogen-bond donors (Lipinski definition) is 2. The molecule has 17 heavy (non-hydrogen) atoms. The highest BCUT2D eigenvalue weighted by Crippen LogP contribution is 2.38. The van der Waals surface area contributed by atoms with E-state index in [9.17, 15) is 23.1 Å². The van der Waals surface area contributed by atoms with Crippen LogP contribution >= 0.6 is 0 Å². The largest absolute Gasteiger partial charge is 0.471 e. The van der Waals surface area contributed by atoms with Crippen LogP contribution in [0.4, 0.5) is 13.2 Å². The van der Waals surface area contributed by atoms with E-state index in [-0.39, 0.29) is 6.42 Å². The zero-order valence-corrected chi connectivity index (χ0v) is 8.66. The second-order valence-electron chi connectivity index (χ2n) is 3.90. The molecule has 0 spiro atoms. The Morgan fingerprint density at radius 2 is 1.88 bits per heavy atom. The van der Waals surface area contributed by atoms with Gasteiger partial charge in [-0.2, -0.15) is 13.2 Å². The van der Waals surface area contributed by atoms with Crippen LogP contribution in [0.5, 0.6) is 0 Å². The molecule has 0 bridgehead atoms. The number of amides is 1. The van der Waals surface area contributed by atoms with Crippen LogP contribution in [0.2, 0.25) is 0 Å². The third kappa shape index (κ3) is 2.26. The van der Waals surface area contributed by atoms with Crippen LogP contribution < -0.4 is 5.32 Å². The molecule has 6 heteroatoms. The van der Waals surface area contributed by atoms with Crippen LogP contribution in [0, 0.1) is 0 Å². The van der Waals surface area contributed by atoms with Crippen LogP contribution in [0.3, 0.4) is 0 Å². The zero-order chi connectivity index (χ0) is 12.6. The fourth-order valence-corrected chi connectivity index (χ4v) is 1.99. The predicted molar refractivity (Wildman–Crippen MR) is 53.0 cm³/mol. The Morgan fingerprint density at radius 1 is 1.29 bits per heavy atom. The average Bonchev–Trinajstić information content (AvgIpc) is 2.56. The van der Waals surface area contributed by atoms with Crippen molar-refractivity contribution in [1.29, 1.82) is 0 Å². The van der Waals surface area contributed by atoms with Crippen molar-refractivity contribution in [3.8, 4) is 0 Å². The molecule has 0 saturated heterocycles. The van der Waals surface area contributed by atoms with Crippen LogP contribution in [0.25, 0.3) is 0 Å². The third-order valence-electron chi connectivity index (χ3n) is 2.75. The monoisotopic (exact) mass is 245 g/mol. The summed E-state index contributed by atoms with van der Waals surface area (Å²) < 4.78 is 36.3. The number of carbonyl (C=O) groups excluding carboxylic acids is 1. The molecule has 0 heterocycles. The van der Waals surface area contributed by atoms with E-state index in [1.54, 1.807) is 24.3 Å². The topological polar surface area (TPSA) is 49.3 Å². The maximum atomic E-state index is 12.1.